The number of carbonyl (C=O) groups is 1. The third kappa shape index (κ3) is 5.29. The van der Waals surface area contributed by atoms with E-state index in [4.69, 9.17) is 14.2 Å². The Bertz CT molecular complexity index is 999. The van der Waals surface area contributed by atoms with Crippen LogP contribution in [0.1, 0.15) is 18.4 Å². The number of amides is 1. The zero-order valence-corrected chi connectivity index (χ0v) is 18.8. The highest BCUT2D eigenvalue weighted by Crippen LogP contribution is 2.28. The fourth-order valence-corrected chi connectivity index (χ4v) is 5.05. The van der Waals surface area contributed by atoms with Crippen molar-refractivity contribution < 1.29 is 27.4 Å². The van der Waals surface area contributed by atoms with E-state index in [1.165, 1.54) is 23.5 Å². The molecule has 0 atom stereocenters. The van der Waals surface area contributed by atoms with E-state index < -0.39 is 10.0 Å². The summed E-state index contributed by atoms with van der Waals surface area (Å²) >= 11 is 0. The minimum atomic E-state index is -3.59. The van der Waals surface area contributed by atoms with Crippen molar-refractivity contribution in [1.82, 2.24) is 9.62 Å². The van der Waals surface area contributed by atoms with Gasteiger partial charge in [-0.25, -0.2) is 8.42 Å². The minimum absolute atomic E-state index is 0.0729. The molecule has 0 saturated carbocycles. The van der Waals surface area contributed by atoms with E-state index in [2.05, 4.69) is 5.32 Å². The molecule has 3 rings (SSSR count). The molecule has 31 heavy (non-hydrogen) atoms. The molecule has 9 heteroatoms. The van der Waals surface area contributed by atoms with Gasteiger partial charge >= 0.3 is 0 Å². The Morgan fingerprint density at radius 2 is 1.61 bits per heavy atom. The third-order valence-electron chi connectivity index (χ3n) is 5.44. The molecule has 1 N–H and O–H groups in total. The largest absolute Gasteiger partial charge is 0.497 e. The first-order chi connectivity index (χ1) is 14.9. The number of rotatable bonds is 8. The molecule has 0 bridgehead atoms. The van der Waals surface area contributed by atoms with Gasteiger partial charge in [0.25, 0.3) is 0 Å². The number of piperidine rings is 1. The van der Waals surface area contributed by atoms with Gasteiger partial charge in [-0.1, -0.05) is 6.07 Å². The first kappa shape index (κ1) is 22.9. The van der Waals surface area contributed by atoms with Crippen LogP contribution in [0.2, 0.25) is 0 Å². The van der Waals surface area contributed by atoms with Gasteiger partial charge in [0, 0.05) is 25.6 Å². The number of sulfonamides is 1. The molecule has 1 fully saturated rings. The zero-order valence-electron chi connectivity index (χ0n) is 18.0. The van der Waals surface area contributed by atoms with E-state index in [1.807, 2.05) is 12.1 Å². The lowest BCUT2D eigenvalue weighted by Gasteiger charge is -2.30. The molecule has 0 aliphatic carbocycles. The quantitative estimate of drug-likeness (QED) is 0.667. The normalized spacial score (nSPS) is 15.3. The number of ether oxygens (including phenoxy) is 3. The highest BCUT2D eigenvalue weighted by molar-refractivity contribution is 7.89. The summed E-state index contributed by atoms with van der Waals surface area (Å²) < 4.78 is 42.7. The Balaban J connectivity index is 1.54. The van der Waals surface area contributed by atoms with Crippen LogP contribution in [0.5, 0.6) is 17.2 Å². The Labute approximate surface area is 183 Å². The van der Waals surface area contributed by atoms with E-state index >= 15 is 0 Å². The maximum Gasteiger partial charge on any atom is 0.243 e. The summed E-state index contributed by atoms with van der Waals surface area (Å²) in [6, 6.07) is 11.8. The summed E-state index contributed by atoms with van der Waals surface area (Å²) in [4.78, 5) is 12.8. The van der Waals surface area contributed by atoms with Crippen molar-refractivity contribution in [3.05, 3.63) is 48.0 Å². The Kier molecular flexibility index (Phi) is 7.40. The predicted molar refractivity (Wildman–Crippen MR) is 116 cm³/mol. The van der Waals surface area contributed by atoms with E-state index in [1.54, 1.807) is 32.4 Å². The summed E-state index contributed by atoms with van der Waals surface area (Å²) in [5.74, 6) is 1.54. The van der Waals surface area contributed by atoms with Gasteiger partial charge in [-0.05, 0) is 54.8 Å². The molecule has 1 aliphatic rings. The Morgan fingerprint density at radius 3 is 2.19 bits per heavy atom. The fourth-order valence-electron chi connectivity index (χ4n) is 3.58. The van der Waals surface area contributed by atoms with Crippen molar-refractivity contribution in [3.8, 4) is 17.2 Å². The van der Waals surface area contributed by atoms with Crippen molar-refractivity contribution in [2.75, 3.05) is 34.4 Å². The maximum absolute atomic E-state index is 12.8. The van der Waals surface area contributed by atoms with Crippen molar-refractivity contribution in [2.45, 2.75) is 24.3 Å². The monoisotopic (exact) mass is 448 g/mol. The van der Waals surface area contributed by atoms with Crippen LogP contribution in [0.4, 0.5) is 0 Å². The van der Waals surface area contributed by atoms with Gasteiger partial charge < -0.3 is 19.5 Å². The number of nitrogens with one attached hydrogen (secondary N) is 1. The lowest BCUT2D eigenvalue weighted by Crippen LogP contribution is -2.42. The summed E-state index contributed by atoms with van der Waals surface area (Å²) in [5, 5.41) is 2.94. The van der Waals surface area contributed by atoms with E-state index in [-0.39, 0.29) is 16.7 Å². The average Bonchev–Trinajstić information content (AvgIpc) is 2.82. The highest BCUT2D eigenvalue weighted by atomic mass is 32.2. The summed E-state index contributed by atoms with van der Waals surface area (Å²) in [5.41, 5.74) is 0.894. The van der Waals surface area contributed by atoms with Gasteiger partial charge in [0.1, 0.15) is 5.75 Å². The SMILES string of the molecule is COc1ccc(S(=O)(=O)N2CCC(C(=O)NCc3ccc(OC)c(OC)c3)CC2)cc1. The number of carbonyl (C=O) groups excluding carboxylic acids is 1. The molecule has 2 aromatic carbocycles. The summed E-state index contributed by atoms with van der Waals surface area (Å²) in [6.45, 7) is 0.981. The van der Waals surface area contributed by atoms with Crippen LogP contribution in [0.15, 0.2) is 47.4 Å². The Morgan fingerprint density at radius 1 is 0.968 bits per heavy atom. The van der Waals surface area contributed by atoms with E-state index in [9.17, 15) is 13.2 Å². The molecule has 168 valence electrons. The molecular formula is C22H28N2O6S. The first-order valence-electron chi connectivity index (χ1n) is 10.0. The molecule has 1 saturated heterocycles. The second-order valence-corrected chi connectivity index (χ2v) is 9.20. The molecular weight excluding hydrogens is 420 g/mol. The van der Waals surface area contributed by atoms with Gasteiger partial charge in [0.2, 0.25) is 15.9 Å². The second-order valence-electron chi connectivity index (χ2n) is 7.26. The van der Waals surface area contributed by atoms with Crippen molar-refractivity contribution in [3.63, 3.8) is 0 Å². The van der Waals surface area contributed by atoms with E-state index in [0.717, 1.165) is 5.56 Å². The molecule has 1 aliphatic heterocycles. The van der Waals surface area contributed by atoms with Gasteiger partial charge in [0.05, 0.1) is 26.2 Å². The van der Waals surface area contributed by atoms with Gasteiger partial charge in [-0.3, -0.25) is 4.79 Å². The first-order valence-corrected chi connectivity index (χ1v) is 11.5. The van der Waals surface area contributed by atoms with Gasteiger partial charge in [-0.2, -0.15) is 4.31 Å². The van der Waals surface area contributed by atoms with Crippen molar-refractivity contribution in [2.24, 2.45) is 5.92 Å². The molecule has 0 aromatic heterocycles. The zero-order chi connectivity index (χ0) is 22.4. The van der Waals surface area contributed by atoms with Crippen LogP contribution in [0.25, 0.3) is 0 Å². The molecule has 0 radical (unpaired) electrons. The van der Waals surface area contributed by atoms with Crippen LogP contribution in [0.3, 0.4) is 0 Å². The van der Waals surface area contributed by atoms with Crippen LogP contribution < -0.4 is 19.5 Å². The molecule has 1 amide bonds. The topological polar surface area (TPSA) is 94.2 Å². The number of nitrogens with zero attached hydrogens (tertiary/aromatic N) is 1. The number of hydrogen-bond acceptors (Lipinski definition) is 6. The van der Waals surface area contributed by atoms with Crippen molar-refractivity contribution >= 4 is 15.9 Å². The van der Waals surface area contributed by atoms with Crippen LogP contribution >= 0.6 is 0 Å². The van der Waals surface area contributed by atoms with Crippen LogP contribution in [-0.4, -0.2) is 53.0 Å². The lowest BCUT2D eigenvalue weighted by molar-refractivity contribution is -0.126. The van der Waals surface area contributed by atoms with Crippen LogP contribution in [-0.2, 0) is 21.4 Å². The van der Waals surface area contributed by atoms with Crippen molar-refractivity contribution in [1.29, 1.82) is 0 Å². The fraction of sp³-hybridized carbons (Fsp3) is 0.409. The summed E-state index contributed by atoms with van der Waals surface area (Å²) in [7, 11) is 1.08. The second kappa shape index (κ2) is 10.0. The van der Waals surface area contributed by atoms with Gasteiger partial charge in [-0.15, -0.1) is 0 Å². The number of hydrogen-bond donors (Lipinski definition) is 1. The standard InChI is InChI=1S/C22H28N2O6S/c1-28-18-5-7-19(8-6-18)31(26,27)24-12-10-17(11-13-24)22(25)23-15-16-4-9-20(29-2)21(14-16)30-3/h4-9,14,17H,10-13,15H2,1-3H3,(H,23,25). The highest BCUT2D eigenvalue weighted by Gasteiger charge is 2.32. The molecule has 2 aromatic rings. The average molecular weight is 449 g/mol. The van der Waals surface area contributed by atoms with E-state index in [0.29, 0.717) is 49.7 Å². The third-order valence-corrected chi connectivity index (χ3v) is 7.35. The van der Waals surface area contributed by atoms with Gasteiger partial charge in [0.15, 0.2) is 11.5 Å². The minimum Gasteiger partial charge on any atom is -0.497 e. The smallest absolute Gasteiger partial charge is 0.243 e. The summed E-state index contributed by atoms with van der Waals surface area (Å²) in [6.07, 6.45) is 0.959. The molecule has 0 unspecified atom stereocenters. The lowest BCUT2D eigenvalue weighted by atomic mass is 9.97. The molecule has 0 spiro atoms. The number of benzene rings is 2. The predicted octanol–water partition coefficient (Wildman–Crippen LogP) is 2.43. The Hall–Kier alpha value is -2.78. The molecule has 8 nitrogen and oxygen atoms in total. The van der Waals surface area contributed by atoms with Crippen LogP contribution in [0, 0.1) is 5.92 Å². The maximum atomic E-state index is 12.8. The molecule has 1 heterocycles. The number of methoxy groups -OCH3 is 3.